The lowest BCUT2D eigenvalue weighted by Crippen LogP contribution is -2.46. The van der Waals surface area contributed by atoms with Gasteiger partial charge in [-0.3, -0.25) is 14.6 Å². The van der Waals surface area contributed by atoms with E-state index in [2.05, 4.69) is 15.3 Å². The van der Waals surface area contributed by atoms with Crippen LogP contribution in [0, 0.1) is 5.92 Å². The number of para-hydroxylation sites is 2. The number of hydrogen-bond donors (Lipinski definition) is 4. The van der Waals surface area contributed by atoms with Crippen molar-refractivity contribution in [2.24, 2.45) is 11.7 Å². The number of aromatic nitrogens is 2. The van der Waals surface area contributed by atoms with Crippen LogP contribution in [0.3, 0.4) is 0 Å². The molecule has 0 saturated carbocycles. The SMILES string of the molecule is NC(=O)C(Cc1ccccc1CO)CC(O)C(Cc1ccccc1)NC(=O)c1cnc2ccccc2n1. The number of fused-ring (bicyclic) bond motifs is 1. The predicted octanol–water partition coefficient (Wildman–Crippen LogP) is 2.56. The minimum atomic E-state index is -1.07. The van der Waals surface area contributed by atoms with Gasteiger partial charge in [-0.05, 0) is 48.1 Å². The zero-order chi connectivity index (χ0) is 26.2. The maximum Gasteiger partial charge on any atom is 0.271 e. The van der Waals surface area contributed by atoms with Crippen LogP contribution in [0.5, 0.6) is 0 Å². The summed E-state index contributed by atoms with van der Waals surface area (Å²) in [5.74, 6) is -1.73. The Morgan fingerprint density at radius 2 is 1.51 bits per heavy atom. The van der Waals surface area contributed by atoms with Gasteiger partial charge >= 0.3 is 0 Å². The van der Waals surface area contributed by atoms with Crippen molar-refractivity contribution in [2.75, 3.05) is 0 Å². The van der Waals surface area contributed by atoms with Gasteiger partial charge in [-0.25, -0.2) is 4.98 Å². The van der Waals surface area contributed by atoms with Crippen molar-refractivity contribution in [1.82, 2.24) is 15.3 Å². The highest BCUT2D eigenvalue weighted by atomic mass is 16.3. The summed E-state index contributed by atoms with van der Waals surface area (Å²) < 4.78 is 0. The number of benzene rings is 3. The molecule has 1 aromatic heterocycles. The van der Waals surface area contributed by atoms with Crippen molar-refractivity contribution < 1.29 is 19.8 Å². The summed E-state index contributed by atoms with van der Waals surface area (Å²) in [6.07, 6.45) is 0.979. The van der Waals surface area contributed by atoms with Crippen molar-refractivity contribution in [2.45, 2.75) is 38.0 Å². The van der Waals surface area contributed by atoms with Gasteiger partial charge in [0.1, 0.15) is 5.69 Å². The molecule has 1 heterocycles. The third kappa shape index (κ3) is 6.75. The second-order valence-electron chi connectivity index (χ2n) is 9.05. The van der Waals surface area contributed by atoms with Gasteiger partial charge in [0, 0.05) is 5.92 Å². The molecule has 190 valence electrons. The number of primary amides is 1. The average Bonchev–Trinajstić information content (AvgIpc) is 2.92. The first-order chi connectivity index (χ1) is 17.9. The lowest BCUT2D eigenvalue weighted by atomic mass is 9.87. The van der Waals surface area contributed by atoms with E-state index >= 15 is 0 Å². The molecule has 0 aliphatic carbocycles. The van der Waals surface area contributed by atoms with Crippen molar-refractivity contribution in [3.05, 3.63) is 107 Å². The predicted molar refractivity (Wildman–Crippen MR) is 140 cm³/mol. The van der Waals surface area contributed by atoms with Gasteiger partial charge in [0.2, 0.25) is 5.91 Å². The molecule has 0 aliphatic rings. The molecule has 0 aliphatic heterocycles. The Morgan fingerprint density at radius 3 is 2.22 bits per heavy atom. The molecule has 3 unspecified atom stereocenters. The Kier molecular flexibility index (Phi) is 8.56. The highest BCUT2D eigenvalue weighted by Crippen LogP contribution is 2.21. The highest BCUT2D eigenvalue weighted by Gasteiger charge is 2.28. The molecule has 8 heteroatoms. The van der Waals surface area contributed by atoms with Gasteiger partial charge < -0.3 is 21.3 Å². The summed E-state index contributed by atoms with van der Waals surface area (Å²) in [5.41, 5.74) is 9.50. The van der Waals surface area contributed by atoms with Crippen molar-refractivity contribution in [3.63, 3.8) is 0 Å². The molecule has 4 aromatic rings. The number of nitrogens with zero attached hydrogens (tertiary/aromatic N) is 2. The van der Waals surface area contributed by atoms with Crippen LogP contribution in [0.4, 0.5) is 0 Å². The number of amides is 2. The monoisotopic (exact) mass is 498 g/mol. The molecule has 37 heavy (non-hydrogen) atoms. The van der Waals surface area contributed by atoms with E-state index in [1.54, 1.807) is 12.1 Å². The number of aliphatic hydroxyl groups excluding tert-OH is 2. The van der Waals surface area contributed by atoms with Gasteiger partial charge in [0.25, 0.3) is 5.91 Å². The summed E-state index contributed by atoms with van der Waals surface area (Å²) in [6.45, 7) is -0.163. The lowest BCUT2D eigenvalue weighted by molar-refractivity contribution is -0.122. The number of aliphatic hydroxyl groups is 2. The summed E-state index contributed by atoms with van der Waals surface area (Å²) in [4.78, 5) is 34.2. The molecule has 0 bridgehead atoms. The van der Waals surface area contributed by atoms with Crippen LogP contribution in [-0.2, 0) is 24.2 Å². The minimum absolute atomic E-state index is 0.0380. The summed E-state index contributed by atoms with van der Waals surface area (Å²) in [6, 6.07) is 23.3. The van der Waals surface area contributed by atoms with Crippen LogP contribution in [-0.4, -0.2) is 44.1 Å². The maximum absolute atomic E-state index is 13.1. The minimum Gasteiger partial charge on any atom is -0.392 e. The van der Waals surface area contributed by atoms with Gasteiger partial charge in [0.05, 0.1) is 36.0 Å². The quantitative estimate of drug-likeness (QED) is 0.251. The van der Waals surface area contributed by atoms with Crippen LogP contribution in [0.2, 0.25) is 0 Å². The standard InChI is InChI=1S/C29H30N4O4/c30-28(36)22(15-20-10-4-5-11-21(20)18-34)16-27(35)25(14-19-8-2-1-3-9-19)33-29(37)26-17-31-23-12-6-7-13-24(23)32-26/h1-13,17,22,25,27,34-35H,14-16,18H2,(H2,30,36)(H,33,37). The van der Waals surface area contributed by atoms with E-state index in [9.17, 15) is 19.8 Å². The van der Waals surface area contributed by atoms with Crippen molar-refractivity contribution >= 4 is 22.8 Å². The molecule has 4 rings (SSSR count). The molecule has 3 aromatic carbocycles. The Bertz CT molecular complexity index is 1360. The van der Waals surface area contributed by atoms with E-state index in [0.29, 0.717) is 23.0 Å². The number of carbonyl (C=O) groups is 2. The van der Waals surface area contributed by atoms with E-state index in [1.165, 1.54) is 6.20 Å². The van der Waals surface area contributed by atoms with Gasteiger partial charge in [-0.1, -0.05) is 66.7 Å². The maximum atomic E-state index is 13.1. The summed E-state index contributed by atoms with van der Waals surface area (Å²) in [7, 11) is 0. The van der Waals surface area contributed by atoms with Gasteiger partial charge in [-0.2, -0.15) is 0 Å². The number of carbonyl (C=O) groups excluding carboxylic acids is 2. The van der Waals surface area contributed by atoms with Crippen LogP contribution in [0.15, 0.2) is 85.1 Å². The Balaban J connectivity index is 1.55. The number of nitrogens with one attached hydrogen (secondary N) is 1. The van der Waals surface area contributed by atoms with Crippen molar-refractivity contribution in [3.8, 4) is 0 Å². The zero-order valence-electron chi connectivity index (χ0n) is 20.3. The Labute approximate surface area is 215 Å². The zero-order valence-corrected chi connectivity index (χ0v) is 20.3. The molecular formula is C29H30N4O4. The van der Waals surface area contributed by atoms with E-state index < -0.39 is 29.9 Å². The molecule has 0 spiro atoms. The molecule has 2 amide bonds. The van der Waals surface area contributed by atoms with Crippen LogP contribution in [0.1, 0.15) is 33.6 Å². The summed E-state index contributed by atoms with van der Waals surface area (Å²) >= 11 is 0. The lowest BCUT2D eigenvalue weighted by Gasteiger charge is -2.27. The summed E-state index contributed by atoms with van der Waals surface area (Å²) in [5, 5.41) is 23.8. The fourth-order valence-corrected chi connectivity index (χ4v) is 4.39. The van der Waals surface area contributed by atoms with Crippen LogP contribution < -0.4 is 11.1 Å². The second-order valence-corrected chi connectivity index (χ2v) is 9.05. The Morgan fingerprint density at radius 1 is 0.865 bits per heavy atom. The third-order valence-corrected chi connectivity index (χ3v) is 6.44. The Hall–Kier alpha value is -4.14. The highest BCUT2D eigenvalue weighted by molar-refractivity contribution is 5.94. The smallest absolute Gasteiger partial charge is 0.271 e. The topological polar surface area (TPSA) is 138 Å². The first-order valence-electron chi connectivity index (χ1n) is 12.2. The molecule has 3 atom stereocenters. The van der Waals surface area contributed by atoms with Crippen LogP contribution in [0.25, 0.3) is 11.0 Å². The fourth-order valence-electron chi connectivity index (χ4n) is 4.39. The van der Waals surface area contributed by atoms with Gasteiger partial charge in [-0.15, -0.1) is 0 Å². The van der Waals surface area contributed by atoms with Crippen molar-refractivity contribution in [1.29, 1.82) is 0 Å². The molecule has 8 nitrogen and oxygen atoms in total. The van der Waals surface area contributed by atoms with E-state index in [-0.39, 0.29) is 25.1 Å². The largest absolute Gasteiger partial charge is 0.392 e. The normalized spacial score (nSPS) is 13.6. The van der Waals surface area contributed by atoms with E-state index in [0.717, 1.165) is 11.1 Å². The first-order valence-corrected chi connectivity index (χ1v) is 12.2. The average molecular weight is 499 g/mol. The second kappa shape index (κ2) is 12.2. The number of nitrogens with two attached hydrogens (primary N) is 1. The van der Waals surface area contributed by atoms with E-state index in [1.807, 2.05) is 66.7 Å². The third-order valence-electron chi connectivity index (χ3n) is 6.44. The fraction of sp³-hybridized carbons (Fsp3) is 0.241. The number of rotatable bonds is 11. The van der Waals surface area contributed by atoms with Crippen LogP contribution >= 0.6 is 0 Å². The first kappa shape index (κ1) is 25.9. The molecular weight excluding hydrogens is 468 g/mol. The number of hydrogen-bond acceptors (Lipinski definition) is 6. The molecule has 5 N–H and O–H groups in total. The molecule has 0 fully saturated rings. The van der Waals surface area contributed by atoms with E-state index in [4.69, 9.17) is 5.73 Å². The van der Waals surface area contributed by atoms with Gasteiger partial charge in [0.15, 0.2) is 0 Å². The molecule has 0 saturated heterocycles. The molecule has 0 radical (unpaired) electrons.